The number of hydrogen-bond acceptors (Lipinski definition) is 2. The third-order valence-electron chi connectivity index (χ3n) is 4.08. The minimum absolute atomic E-state index is 0.0997. The van der Waals surface area contributed by atoms with Crippen molar-refractivity contribution in [1.82, 2.24) is 10.6 Å². The molecule has 0 aromatic heterocycles. The summed E-state index contributed by atoms with van der Waals surface area (Å²) in [7, 11) is 0. The largest absolute Gasteiger partial charge is 0.355 e. The highest BCUT2D eigenvalue weighted by molar-refractivity contribution is 5.94. The fraction of sp³-hybridized carbons (Fsp3) is 0.300. The van der Waals surface area contributed by atoms with Crippen LogP contribution in [0.5, 0.6) is 0 Å². The van der Waals surface area contributed by atoms with Crippen LogP contribution in [0.2, 0.25) is 0 Å². The van der Waals surface area contributed by atoms with Crippen LogP contribution in [-0.4, -0.2) is 24.9 Å². The second-order valence-electron chi connectivity index (χ2n) is 6.07. The lowest BCUT2D eigenvalue weighted by Crippen LogP contribution is -2.33. The quantitative estimate of drug-likeness (QED) is 0.830. The Morgan fingerprint density at radius 1 is 0.833 bits per heavy atom. The maximum absolute atomic E-state index is 12.1. The van der Waals surface area contributed by atoms with Gasteiger partial charge in [0.05, 0.1) is 0 Å². The molecule has 2 aromatic carbocycles. The molecule has 0 heterocycles. The van der Waals surface area contributed by atoms with Crippen molar-refractivity contribution in [3.05, 3.63) is 58.7 Å². The summed E-state index contributed by atoms with van der Waals surface area (Å²) in [6.45, 7) is 8.62. The van der Waals surface area contributed by atoms with Crippen LogP contribution in [-0.2, 0) is 4.79 Å². The number of carbonyl (C=O) groups is 2. The van der Waals surface area contributed by atoms with E-state index in [2.05, 4.69) is 43.5 Å². The van der Waals surface area contributed by atoms with Gasteiger partial charge in [-0.25, -0.2) is 0 Å². The van der Waals surface area contributed by atoms with E-state index >= 15 is 0 Å². The van der Waals surface area contributed by atoms with Gasteiger partial charge in [0.15, 0.2) is 0 Å². The third-order valence-corrected chi connectivity index (χ3v) is 4.08. The van der Waals surface area contributed by atoms with E-state index in [1.54, 1.807) is 0 Å². The van der Waals surface area contributed by atoms with Crippen LogP contribution in [0, 0.1) is 20.8 Å². The van der Waals surface area contributed by atoms with Gasteiger partial charge in [-0.3, -0.25) is 9.59 Å². The standard InChI is InChI=1S/C20H24N2O2/c1-13-11-15(3)19(12-14(13)2)17-5-7-18(8-6-17)20(24)22-10-9-21-16(4)23/h5-8,11-12H,9-10H2,1-4H3,(H,21,23)(H,22,24). The number of nitrogens with one attached hydrogen (secondary N) is 2. The zero-order valence-corrected chi connectivity index (χ0v) is 14.7. The second kappa shape index (κ2) is 7.77. The topological polar surface area (TPSA) is 58.2 Å². The summed E-state index contributed by atoms with van der Waals surface area (Å²) in [5.41, 5.74) is 6.68. The van der Waals surface area contributed by atoms with E-state index in [0.29, 0.717) is 18.7 Å². The van der Waals surface area contributed by atoms with Gasteiger partial charge < -0.3 is 10.6 Å². The van der Waals surface area contributed by atoms with Crippen LogP contribution in [0.3, 0.4) is 0 Å². The van der Waals surface area contributed by atoms with Crippen LogP contribution in [0.15, 0.2) is 36.4 Å². The fourth-order valence-electron chi connectivity index (χ4n) is 2.59. The first-order chi connectivity index (χ1) is 11.4. The van der Waals surface area contributed by atoms with Gasteiger partial charge >= 0.3 is 0 Å². The lowest BCUT2D eigenvalue weighted by Gasteiger charge is -2.11. The first kappa shape index (κ1) is 17.7. The van der Waals surface area contributed by atoms with E-state index in [1.165, 1.54) is 29.2 Å². The summed E-state index contributed by atoms with van der Waals surface area (Å²) in [5, 5.41) is 5.43. The third kappa shape index (κ3) is 4.44. The molecule has 0 radical (unpaired) electrons. The molecule has 4 heteroatoms. The molecule has 2 aromatic rings. The molecule has 0 aliphatic heterocycles. The maximum Gasteiger partial charge on any atom is 0.251 e. The molecule has 0 unspecified atom stereocenters. The monoisotopic (exact) mass is 324 g/mol. The molecule has 0 saturated carbocycles. The Balaban J connectivity index is 2.06. The van der Waals surface area contributed by atoms with Crippen molar-refractivity contribution in [3.63, 3.8) is 0 Å². The predicted molar refractivity (Wildman–Crippen MR) is 97.1 cm³/mol. The molecular formula is C20H24N2O2. The van der Waals surface area contributed by atoms with E-state index < -0.39 is 0 Å². The van der Waals surface area contributed by atoms with Crippen molar-refractivity contribution in [2.75, 3.05) is 13.1 Å². The summed E-state index contributed by atoms with van der Waals surface area (Å²) in [6, 6.07) is 12.0. The molecule has 0 spiro atoms. The van der Waals surface area contributed by atoms with Gasteiger partial charge in [-0.15, -0.1) is 0 Å². The van der Waals surface area contributed by atoms with E-state index in [9.17, 15) is 9.59 Å². The van der Waals surface area contributed by atoms with Gasteiger partial charge in [0, 0.05) is 25.6 Å². The summed E-state index contributed by atoms with van der Waals surface area (Å²) in [6.07, 6.45) is 0. The molecule has 0 aliphatic carbocycles. The van der Waals surface area contributed by atoms with Gasteiger partial charge in [0.1, 0.15) is 0 Å². The molecule has 0 bridgehead atoms. The average Bonchev–Trinajstić information content (AvgIpc) is 2.55. The summed E-state index contributed by atoms with van der Waals surface area (Å²) in [5.74, 6) is -0.235. The molecule has 0 saturated heterocycles. The molecule has 126 valence electrons. The zero-order valence-electron chi connectivity index (χ0n) is 14.7. The highest BCUT2D eigenvalue weighted by Gasteiger charge is 2.08. The Hall–Kier alpha value is -2.62. The van der Waals surface area contributed by atoms with E-state index in [1.807, 2.05) is 24.3 Å². The van der Waals surface area contributed by atoms with Crippen molar-refractivity contribution in [3.8, 4) is 11.1 Å². The highest BCUT2D eigenvalue weighted by atomic mass is 16.2. The van der Waals surface area contributed by atoms with Crippen molar-refractivity contribution < 1.29 is 9.59 Å². The molecular weight excluding hydrogens is 300 g/mol. The lowest BCUT2D eigenvalue weighted by molar-refractivity contribution is -0.118. The number of benzene rings is 2. The van der Waals surface area contributed by atoms with Crippen molar-refractivity contribution in [1.29, 1.82) is 0 Å². The Labute approximate surface area is 143 Å². The van der Waals surface area contributed by atoms with Gasteiger partial charge in [0.2, 0.25) is 5.91 Å². The summed E-state index contributed by atoms with van der Waals surface area (Å²) in [4.78, 5) is 22.9. The normalized spacial score (nSPS) is 10.3. The van der Waals surface area contributed by atoms with E-state index in [4.69, 9.17) is 0 Å². The maximum atomic E-state index is 12.1. The SMILES string of the molecule is CC(=O)NCCNC(=O)c1ccc(-c2cc(C)c(C)cc2C)cc1. The highest BCUT2D eigenvalue weighted by Crippen LogP contribution is 2.26. The van der Waals surface area contributed by atoms with Gasteiger partial charge in [0.25, 0.3) is 5.91 Å². The first-order valence-electron chi connectivity index (χ1n) is 8.09. The molecule has 4 nitrogen and oxygen atoms in total. The first-order valence-corrected chi connectivity index (χ1v) is 8.09. The fourth-order valence-corrected chi connectivity index (χ4v) is 2.59. The lowest BCUT2D eigenvalue weighted by atomic mass is 9.95. The Morgan fingerprint density at radius 3 is 2.04 bits per heavy atom. The molecule has 2 amide bonds. The molecule has 2 rings (SSSR count). The molecule has 0 fully saturated rings. The molecule has 0 atom stereocenters. The Morgan fingerprint density at radius 2 is 1.42 bits per heavy atom. The predicted octanol–water partition coefficient (Wildman–Crippen LogP) is 3.14. The van der Waals surface area contributed by atoms with Crippen LogP contribution in [0.4, 0.5) is 0 Å². The zero-order chi connectivity index (χ0) is 17.7. The molecule has 0 aliphatic rings. The minimum Gasteiger partial charge on any atom is -0.355 e. The van der Waals surface area contributed by atoms with Crippen molar-refractivity contribution in [2.24, 2.45) is 0 Å². The van der Waals surface area contributed by atoms with Crippen molar-refractivity contribution in [2.45, 2.75) is 27.7 Å². The summed E-state index contributed by atoms with van der Waals surface area (Å²) >= 11 is 0. The van der Waals surface area contributed by atoms with Crippen molar-refractivity contribution >= 4 is 11.8 Å². The Bertz CT molecular complexity index is 749. The van der Waals surface area contributed by atoms with Gasteiger partial charge in [-0.1, -0.05) is 24.3 Å². The van der Waals surface area contributed by atoms with Gasteiger partial charge in [-0.2, -0.15) is 0 Å². The van der Waals surface area contributed by atoms with E-state index in [0.717, 1.165) is 5.56 Å². The van der Waals surface area contributed by atoms with Crippen LogP contribution < -0.4 is 10.6 Å². The van der Waals surface area contributed by atoms with Gasteiger partial charge in [-0.05, 0) is 60.7 Å². The Kier molecular flexibility index (Phi) is 5.74. The number of hydrogen-bond donors (Lipinski definition) is 2. The molecule has 24 heavy (non-hydrogen) atoms. The van der Waals surface area contributed by atoms with E-state index in [-0.39, 0.29) is 11.8 Å². The number of aryl methyl sites for hydroxylation is 3. The summed E-state index contributed by atoms with van der Waals surface area (Å²) < 4.78 is 0. The number of amides is 2. The average molecular weight is 324 g/mol. The molecule has 2 N–H and O–H groups in total. The number of carbonyl (C=O) groups excluding carboxylic acids is 2. The second-order valence-corrected chi connectivity index (χ2v) is 6.07. The smallest absolute Gasteiger partial charge is 0.251 e. The van der Waals surface area contributed by atoms with Crippen LogP contribution in [0.25, 0.3) is 11.1 Å². The van der Waals surface area contributed by atoms with Crippen LogP contribution >= 0.6 is 0 Å². The minimum atomic E-state index is -0.135. The number of rotatable bonds is 5. The van der Waals surface area contributed by atoms with Crippen LogP contribution in [0.1, 0.15) is 34.0 Å².